The van der Waals surface area contributed by atoms with Crippen LogP contribution >= 0.6 is 0 Å². The van der Waals surface area contributed by atoms with Crippen molar-refractivity contribution in [2.45, 2.75) is 39.5 Å². The maximum Gasteiger partial charge on any atom is 0.416 e. The number of carboxylic acid groups (broad SMARTS) is 1. The number of hydrogen-bond donors (Lipinski definition) is 2. The van der Waals surface area contributed by atoms with Crippen molar-refractivity contribution in [1.29, 1.82) is 5.41 Å². The molecule has 10 heteroatoms. The van der Waals surface area contributed by atoms with Crippen LogP contribution in [0.4, 0.5) is 13.2 Å². The number of hydrogen-bond acceptors (Lipinski definition) is 6. The lowest BCUT2D eigenvalue weighted by Crippen LogP contribution is -2.30. The third-order valence-corrected chi connectivity index (χ3v) is 5.35. The lowest BCUT2D eigenvalue weighted by atomic mass is 9.94. The van der Waals surface area contributed by atoms with E-state index in [-0.39, 0.29) is 25.3 Å². The highest BCUT2D eigenvalue weighted by Gasteiger charge is 2.30. The average Bonchev–Trinajstić information content (AvgIpc) is 3.18. The summed E-state index contributed by atoms with van der Waals surface area (Å²) in [5.74, 6) is -1.90. The van der Waals surface area contributed by atoms with Crippen LogP contribution in [0.2, 0.25) is 0 Å². The van der Waals surface area contributed by atoms with Crippen molar-refractivity contribution < 1.29 is 37.0 Å². The molecule has 0 bridgehead atoms. The zero-order valence-electron chi connectivity index (χ0n) is 19.0. The van der Waals surface area contributed by atoms with Gasteiger partial charge in [-0.3, -0.25) is 9.59 Å². The van der Waals surface area contributed by atoms with Crippen LogP contribution in [-0.4, -0.2) is 27.6 Å². The van der Waals surface area contributed by atoms with E-state index in [0.29, 0.717) is 28.3 Å². The Labute approximate surface area is 199 Å². The molecule has 0 aliphatic carbocycles. The number of nitrogens with zero attached hydrogens (tertiary/aromatic N) is 1. The molecule has 3 aromatic rings. The maximum absolute atomic E-state index is 12.8. The number of carbonyl (C=O) groups excluding carboxylic acids is 1. The molecule has 35 heavy (non-hydrogen) atoms. The normalized spacial score (nSPS) is 12.3. The largest absolute Gasteiger partial charge is 0.487 e. The van der Waals surface area contributed by atoms with Gasteiger partial charge in [-0.1, -0.05) is 19.1 Å². The zero-order chi connectivity index (χ0) is 25.8. The zero-order valence-corrected chi connectivity index (χ0v) is 19.0. The Morgan fingerprint density at radius 2 is 1.86 bits per heavy atom. The third-order valence-electron chi connectivity index (χ3n) is 5.35. The van der Waals surface area contributed by atoms with Crippen LogP contribution in [0.25, 0.3) is 11.5 Å². The monoisotopic (exact) mass is 488 g/mol. The summed E-state index contributed by atoms with van der Waals surface area (Å²) in [4.78, 5) is 27.9. The number of rotatable bonds is 10. The van der Waals surface area contributed by atoms with Gasteiger partial charge < -0.3 is 19.7 Å². The fourth-order valence-corrected chi connectivity index (χ4v) is 3.36. The number of nitrogens with one attached hydrogen (secondary N) is 1. The summed E-state index contributed by atoms with van der Waals surface area (Å²) in [7, 11) is 0. The van der Waals surface area contributed by atoms with Crippen molar-refractivity contribution in [2.75, 3.05) is 0 Å². The molecule has 1 atom stereocenters. The number of benzene rings is 2. The van der Waals surface area contributed by atoms with Crippen LogP contribution in [-0.2, 0) is 28.8 Å². The number of ether oxygens (including phenoxy) is 1. The molecule has 0 unspecified atom stereocenters. The first-order chi connectivity index (χ1) is 16.5. The molecule has 0 spiro atoms. The Hall–Kier alpha value is -3.95. The van der Waals surface area contributed by atoms with Gasteiger partial charge in [0.15, 0.2) is 5.78 Å². The van der Waals surface area contributed by atoms with E-state index in [1.807, 2.05) is 0 Å². The molecule has 184 valence electrons. The highest BCUT2D eigenvalue weighted by atomic mass is 19.4. The summed E-state index contributed by atoms with van der Waals surface area (Å²) < 4.78 is 49.6. The van der Waals surface area contributed by atoms with Gasteiger partial charge in [0.05, 0.1) is 11.3 Å². The van der Waals surface area contributed by atoms with Crippen LogP contribution in [0, 0.1) is 18.3 Å². The van der Waals surface area contributed by atoms with Crippen molar-refractivity contribution >= 4 is 17.5 Å². The number of carboxylic acids is 1. The van der Waals surface area contributed by atoms with Gasteiger partial charge >= 0.3 is 12.1 Å². The van der Waals surface area contributed by atoms with Gasteiger partial charge in [-0.05, 0) is 55.3 Å². The number of oxazole rings is 1. The number of Topliss-reactive ketones (excluding diaryl/α,β-unsaturated/α-hetero) is 1. The van der Waals surface area contributed by atoms with Crippen molar-refractivity contribution in [3.8, 4) is 17.2 Å². The molecule has 2 N–H and O–H groups in total. The van der Waals surface area contributed by atoms with Gasteiger partial charge in [0.25, 0.3) is 0 Å². The van der Waals surface area contributed by atoms with Crippen molar-refractivity contribution in [3.05, 3.63) is 71.1 Å². The Kier molecular flexibility index (Phi) is 7.73. The molecule has 7 nitrogen and oxygen atoms in total. The van der Waals surface area contributed by atoms with Crippen LogP contribution in [0.15, 0.2) is 52.9 Å². The Morgan fingerprint density at radius 3 is 2.46 bits per heavy atom. The van der Waals surface area contributed by atoms with Crippen LogP contribution in [0.1, 0.15) is 35.9 Å². The van der Waals surface area contributed by atoms with E-state index in [0.717, 1.165) is 12.1 Å². The van der Waals surface area contributed by atoms with Gasteiger partial charge in [-0.15, -0.1) is 0 Å². The predicted molar refractivity (Wildman–Crippen MR) is 120 cm³/mol. The summed E-state index contributed by atoms with van der Waals surface area (Å²) in [5, 5.41) is 17.0. The third kappa shape index (κ3) is 6.34. The first-order valence-corrected chi connectivity index (χ1v) is 10.7. The minimum absolute atomic E-state index is 0.0140. The van der Waals surface area contributed by atoms with Crippen molar-refractivity contribution in [1.82, 2.24) is 4.98 Å². The Morgan fingerprint density at radius 1 is 1.17 bits per heavy atom. The molecular formula is C25H23F3N2O5. The first kappa shape index (κ1) is 25.7. The number of aliphatic carboxylic acids is 1. The molecular weight excluding hydrogens is 465 g/mol. The van der Waals surface area contributed by atoms with Gasteiger partial charge in [0.2, 0.25) is 5.89 Å². The first-order valence-electron chi connectivity index (χ1n) is 10.7. The molecule has 0 saturated carbocycles. The molecule has 1 aromatic heterocycles. The molecule has 0 radical (unpaired) electrons. The van der Waals surface area contributed by atoms with Crippen LogP contribution in [0.3, 0.4) is 0 Å². The van der Waals surface area contributed by atoms with Gasteiger partial charge in [-0.25, -0.2) is 4.98 Å². The lowest BCUT2D eigenvalue weighted by Gasteiger charge is -2.11. The molecule has 2 aromatic carbocycles. The highest BCUT2D eigenvalue weighted by molar-refractivity contribution is 6.42. The Bertz CT molecular complexity index is 1230. The second kappa shape index (κ2) is 10.5. The number of ketones is 1. The molecule has 1 heterocycles. The topological polar surface area (TPSA) is 113 Å². The Balaban J connectivity index is 1.66. The summed E-state index contributed by atoms with van der Waals surface area (Å²) in [6.07, 6.45) is -4.42. The minimum Gasteiger partial charge on any atom is -0.487 e. The molecule has 0 aliphatic rings. The number of alkyl halides is 3. The molecule has 0 amide bonds. The van der Waals surface area contributed by atoms with Gasteiger partial charge in [0, 0.05) is 12.0 Å². The number of halogens is 3. The molecule has 0 fully saturated rings. The molecule has 0 saturated heterocycles. The summed E-state index contributed by atoms with van der Waals surface area (Å²) in [5.41, 5.74) is 0.187. The van der Waals surface area contributed by atoms with E-state index in [4.69, 9.17) is 19.7 Å². The number of carbonyl (C=O) groups is 2. The van der Waals surface area contributed by atoms with E-state index in [1.54, 1.807) is 38.1 Å². The average molecular weight is 488 g/mol. The minimum atomic E-state index is -4.43. The van der Waals surface area contributed by atoms with Gasteiger partial charge in [0.1, 0.15) is 29.7 Å². The van der Waals surface area contributed by atoms with E-state index in [1.165, 1.54) is 12.1 Å². The van der Waals surface area contributed by atoms with E-state index < -0.39 is 35.1 Å². The number of aromatic nitrogens is 1. The second-order valence-electron chi connectivity index (χ2n) is 7.85. The lowest BCUT2D eigenvalue weighted by molar-refractivity contribution is -0.140. The highest BCUT2D eigenvalue weighted by Crippen LogP contribution is 2.31. The molecule has 3 rings (SSSR count). The van der Waals surface area contributed by atoms with E-state index in [2.05, 4.69) is 4.98 Å². The van der Waals surface area contributed by atoms with E-state index >= 15 is 0 Å². The second-order valence-corrected chi connectivity index (χ2v) is 7.85. The fraction of sp³-hybridized carbons (Fsp3) is 0.280. The number of aryl methyl sites for hydroxylation is 1. The van der Waals surface area contributed by atoms with Crippen LogP contribution < -0.4 is 4.74 Å². The predicted octanol–water partition coefficient (Wildman–Crippen LogP) is 5.49. The SMILES string of the molecule is CC[C@H](C(=N)C(=O)Cc1cccc(OCc2nc(-c3ccc(C(F)(F)F)cc3)oc2C)c1)C(=O)O. The summed E-state index contributed by atoms with van der Waals surface area (Å²) in [6.45, 7) is 3.27. The van der Waals surface area contributed by atoms with Crippen molar-refractivity contribution in [3.63, 3.8) is 0 Å². The summed E-state index contributed by atoms with van der Waals surface area (Å²) >= 11 is 0. The van der Waals surface area contributed by atoms with Crippen molar-refractivity contribution in [2.24, 2.45) is 5.92 Å². The summed E-state index contributed by atoms with van der Waals surface area (Å²) in [6, 6.07) is 11.1. The quantitative estimate of drug-likeness (QED) is 0.365. The standard InChI is InChI=1S/C25H23F3N2O5/c1-3-19(24(32)33)22(29)21(31)12-15-5-4-6-18(11-15)34-13-20-14(2)35-23(30-20)16-7-9-17(10-8-16)25(26,27)28/h4-11,19,29H,3,12-13H2,1-2H3,(H,32,33)/t19-/m1/s1. The maximum atomic E-state index is 12.8. The smallest absolute Gasteiger partial charge is 0.416 e. The van der Waals surface area contributed by atoms with Gasteiger partial charge in [-0.2, -0.15) is 13.2 Å². The molecule has 0 aliphatic heterocycles. The van der Waals surface area contributed by atoms with Crippen LogP contribution in [0.5, 0.6) is 5.75 Å². The fourth-order valence-electron chi connectivity index (χ4n) is 3.36. The van der Waals surface area contributed by atoms with E-state index in [9.17, 15) is 22.8 Å².